The van der Waals surface area contributed by atoms with Gasteiger partial charge < -0.3 is 42.8 Å². The Balaban J connectivity index is 2.00. The van der Waals surface area contributed by atoms with Gasteiger partial charge in [0.05, 0.1) is 53.7 Å². The van der Waals surface area contributed by atoms with E-state index in [0.717, 1.165) is 0 Å². The number of methoxy groups -OCH3 is 5. The molecule has 0 bridgehead atoms. The highest BCUT2D eigenvalue weighted by molar-refractivity contribution is 6.31. The first-order valence-corrected chi connectivity index (χ1v) is 14.2. The van der Waals surface area contributed by atoms with Crippen molar-refractivity contribution in [2.24, 2.45) is 0 Å². The van der Waals surface area contributed by atoms with E-state index in [9.17, 15) is 9.59 Å². The Labute approximate surface area is 261 Å². The van der Waals surface area contributed by atoms with E-state index in [0.29, 0.717) is 50.4 Å². The summed E-state index contributed by atoms with van der Waals surface area (Å²) in [6.07, 6.45) is -2.56. The van der Waals surface area contributed by atoms with Gasteiger partial charge in [0.25, 0.3) is 5.91 Å². The van der Waals surface area contributed by atoms with Gasteiger partial charge in [-0.1, -0.05) is 23.7 Å². The molecule has 1 aliphatic rings. The van der Waals surface area contributed by atoms with E-state index in [4.69, 9.17) is 49.5 Å². The number of rotatable bonds is 13. The van der Waals surface area contributed by atoms with Crippen molar-refractivity contribution in [1.82, 2.24) is 0 Å². The first-order valence-electron chi connectivity index (χ1n) is 13.8. The number of fused-ring (bicyclic) bond motifs is 1. The molecule has 44 heavy (non-hydrogen) atoms. The summed E-state index contributed by atoms with van der Waals surface area (Å²) in [5.74, 6) is 1.07. The predicted octanol–water partition coefficient (Wildman–Crippen LogP) is 5.33. The quantitative estimate of drug-likeness (QED) is 0.182. The van der Waals surface area contributed by atoms with Gasteiger partial charge in [0.2, 0.25) is 0 Å². The van der Waals surface area contributed by atoms with Crippen LogP contribution in [0.15, 0.2) is 48.5 Å². The molecule has 0 aliphatic carbocycles. The van der Waals surface area contributed by atoms with Crippen molar-refractivity contribution in [2.45, 2.75) is 32.1 Å². The number of carbonyl (C=O) groups is 2. The third-order valence-electron chi connectivity index (χ3n) is 6.99. The van der Waals surface area contributed by atoms with Gasteiger partial charge in [-0.2, -0.15) is 0 Å². The van der Waals surface area contributed by atoms with Crippen molar-refractivity contribution in [3.63, 3.8) is 0 Å². The zero-order valence-electron chi connectivity index (χ0n) is 25.5. The van der Waals surface area contributed by atoms with Crippen LogP contribution in [0.1, 0.15) is 36.1 Å². The van der Waals surface area contributed by atoms with Crippen molar-refractivity contribution in [3.05, 3.63) is 70.2 Å². The maximum atomic E-state index is 14.5. The van der Waals surface area contributed by atoms with Gasteiger partial charge in [-0.3, -0.25) is 9.59 Å². The van der Waals surface area contributed by atoms with E-state index in [2.05, 4.69) is 0 Å². The number of carbonyl (C=O) groups excluding carboxylic acids is 2. The van der Waals surface area contributed by atoms with E-state index in [-0.39, 0.29) is 32.1 Å². The highest BCUT2D eigenvalue weighted by Gasteiger charge is 2.41. The van der Waals surface area contributed by atoms with Crippen LogP contribution in [0.2, 0.25) is 5.02 Å². The average molecular weight is 630 g/mol. The van der Waals surface area contributed by atoms with Crippen LogP contribution >= 0.6 is 11.6 Å². The van der Waals surface area contributed by atoms with Crippen molar-refractivity contribution >= 4 is 29.2 Å². The molecule has 0 spiro atoms. The molecule has 2 atom stereocenters. The average Bonchev–Trinajstić information content (AvgIpc) is 3.13. The smallest absolute Gasteiger partial charge is 0.308 e. The van der Waals surface area contributed by atoms with Crippen LogP contribution in [-0.2, 0) is 30.3 Å². The lowest BCUT2D eigenvalue weighted by Crippen LogP contribution is -2.40. The minimum Gasteiger partial charge on any atom is -0.497 e. The molecule has 0 aromatic heterocycles. The first-order chi connectivity index (χ1) is 21.3. The summed E-state index contributed by atoms with van der Waals surface area (Å²) in [6.45, 7) is 1.73. The van der Waals surface area contributed by atoms with Gasteiger partial charge in [0, 0.05) is 41.0 Å². The molecule has 3 aromatic carbocycles. The molecule has 11 nitrogen and oxygen atoms in total. The van der Waals surface area contributed by atoms with Crippen LogP contribution in [0.25, 0.3) is 0 Å². The zero-order chi connectivity index (χ0) is 31.8. The molecule has 236 valence electrons. The van der Waals surface area contributed by atoms with Crippen LogP contribution in [-0.4, -0.2) is 66.9 Å². The van der Waals surface area contributed by atoms with E-state index >= 15 is 0 Å². The molecule has 0 N–H and O–H groups in total. The number of nitrogens with zero attached hydrogens (tertiary/aromatic N) is 1. The van der Waals surface area contributed by atoms with Gasteiger partial charge in [-0.15, -0.1) is 0 Å². The molecule has 12 heteroatoms. The fourth-order valence-corrected chi connectivity index (χ4v) is 5.29. The first kappa shape index (κ1) is 32.7. The normalized spacial score (nSPS) is 16.1. The second-order valence-electron chi connectivity index (χ2n) is 9.59. The molecular formula is C32H36ClNO10. The van der Waals surface area contributed by atoms with E-state index < -0.39 is 24.1 Å². The highest BCUT2D eigenvalue weighted by atomic mass is 35.5. The fourth-order valence-electron chi connectivity index (χ4n) is 5.07. The van der Waals surface area contributed by atoms with E-state index in [1.807, 2.05) is 0 Å². The monoisotopic (exact) mass is 629 g/mol. The van der Waals surface area contributed by atoms with Crippen LogP contribution in [0, 0.1) is 0 Å². The SMILES string of the molecule is CCOC(=O)C[C@H]1O[C@H](c2cccc(OC)c2OC)c2cc(Cl)cc(OCOC)c2N(Cc2ccc(OC)cc2OC)C1=O. The summed E-state index contributed by atoms with van der Waals surface area (Å²) in [6, 6.07) is 13.9. The third-order valence-corrected chi connectivity index (χ3v) is 7.21. The zero-order valence-corrected chi connectivity index (χ0v) is 26.3. The van der Waals surface area contributed by atoms with Gasteiger partial charge >= 0.3 is 5.97 Å². The van der Waals surface area contributed by atoms with Gasteiger partial charge in [0.1, 0.15) is 29.5 Å². The molecule has 0 unspecified atom stereocenters. The fraction of sp³-hybridized carbons (Fsp3) is 0.375. The summed E-state index contributed by atoms with van der Waals surface area (Å²) >= 11 is 6.64. The Morgan fingerprint density at radius 3 is 2.34 bits per heavy atom. The molecule has 1 aliphatic heterocycles. The molecule has 3 aromatic rings. The standard InChI is InChI=1S/C32H36ClNO10/c1-7-42-28(35)16-27-32(36)34(17-19-11-12-21(38-3)15-25(19)40-5)29-23(13-20(33)14-26(29)43-18-37-2)30(44-27)22-9-8-10-24(39-4)31(22)41-6/h8-15,27,30H,7,16-18H2,1-6H3/t27-,30-/m1/s1. The Morgan fingerprint density at radius 1 is 0.909 bits per heavy atom. The molecular weight excluding hydrogens is 594 g/mol. The molecule has 0 saturated carbocycles. The topological polar surface area (TPSA) is 111 Å². The second kappa shape index (κ2) is 15.0. The van der Waals surface area contributed by atoms with Crippen molar-refractivity contribution < 1.29 is 47.5 Å². The maximum Gasteiger partial charge on any atom is 0.308 e. The Bertz CT molecular complexity index is 1480. The Kier molecular flexibility index (Phi) is 11.2. The van der Waals surface area contributed by atoms with Gasteiger partial charge in [-0.05, 0) is 31.2 Å². The van der Waals surface area contributed by atoms with Crippen LogP contribution < -0.4 is 28.6 Å². The van der Waals surface area contributed by atoms with Crippen molar-refractivity contribution in [2.75, 3.05) is 53.8 Å². The summed E-state index contributed by atoms with van der Waals surface area (Å²) in [7, 11) is 7.59. The summed E-state index contributed by atoms with van der Waals surface area (Å²) in [5, 5.41) is 0.323. The molecule has 1 amide bonds. The maximum absolute atomic E-state index is 14.5. The van der Waals surface area contributed by atoms with Crippen LogP contribution in [0.4, 0.5) is 5.69 Å². The number of para-hydroxylation sites is 1. The van der Waals surface area contributed by atoms with Crippen LogP contribution in [0.5, 0.6) is 28.7 Å². The lowest BCUT2D eigenvalue weighted by Gasteiger charge is -2.28. The number of halogens is 1. The lowest BCUT2D eigenvalue weighted by atomic mass is 9.97. The second-order valence-corrected chi connectivity index (χ2v) is 10.0. The number of esters is 1. The summed E-state index contributed by atoms with van der Waals surface area (Å²) in [5.41, 5.74) is 2.06. The number of anilines is 1. The predicted molar refractivity (Wildman–Crippen MR) is 162 cm³/mol. The minimum atomic E-state index is -1.26. The van der Waals surface area contributed by atoms with Crippen LogP contribution in [0.3, 0.4) is 0 Å². The molecule has 0 radical (unpaired) electrons. The number of benzene rings is 3. The number of hydrogen-bond acceptors (Lipinski definition) is 10. The van der Waals surface area contributed by atoms with E-state index in [1.165, 1.54) is 33.3 Å². The van der Waals surface area contributed by atoms with Crippen molar-refractivity contribution in [3.8, 4) is 28.7 Å². The van der Waals surface area contributed by atoms with Gasteiger partial charge in [-0.25, -0.2) is 0 Å². The third kappa shape index (κ3) is 6.96. The number of hydrogen-bond donors (Lipinski definition) is 0. The number of ether oxygens (including phenoxy) is 8. The molecule has 0 fully saturated rings. The molecule has 0 saturated heterocycles. The Hall–Kier alpha value is -4.19. The Morgan fingerprint density at radius 2 is 1.68 bits per heavy atom. The summed E-state index contributed by atoms with van der Waals surface area (Å²) < 4.78 is 45.2. The highest BCUT2D eigenvalue weighted by Crippen LogP contribution is 2.49. The largest absolute Gasteiger partial charge is 0.497 e. The van der Waals surface area contributed by atoms with Crippen molar-refractivity contribution in [1.29, 1.82) is 0 Å². The summed E-state index contributed by atoms with van der Waals surface area (Å²) in [4.78, 5) is 28.8. The lowest BCUT2D eigenvalue weighted by molar-refractivity contribution is -0.151. The minimum absolute atomic E-state index is 0.0224. The number of amides is 1. The van der Waals surface area contributed by atoms with Gasteiger partial charge in [0.15, 0.2) is 18.3 Å². The van der Waals surface area contributed by atoms with E-state index in [1.54, 1.807) is 62.6 Å². The molecule has 4 rings (SSSR count). The molecule has 1 heterocycles.